The maximum absolute atomic E-state index is 13.9. The van der Waals surface area contributed by atoms with Crippen molar-refractivity contribution in [2.45, 2.75) is 45.2 Å². The lowest BCUT2D eigenvalue weighted by Crippen LogP contribution is -2.51. The van der Waals surface area contributed by atoms with Gasteiger partial charge in [0.2, 0.25) is 11.8 Å². The molecule has 3 aromatic carbocycles. The Morgan fingerprint density at radius 3 is 2.26 bits per heavy atom. The standard InChI is InChI=1S/C29H33BrClN3O4S/c1-20(2)17-32-29(36)22(4)33(18-23-7-5-9-25(31)15-23)28(35)19-34(26-10-6-8-24(30)16-26)39(37,38)27-13-11-21(3)12-14-27/h5-16,20,22H,17-19H2,1-4H3,(H,32,36). The Kier molecular flexibility index (Phi) is 10.6. The van der Waals surface area contributed by atoms with E-state index in [1.54, 1.807) is 67.6 Å². The number of anilines is 1. The molecule has 10 heteroatoms. The number of nitrogens with zero attached hydrogens (tertiary/aromatic N) is 2. The molecule has 0 bridgehead atoms. The predicted octanol–water partition coefficient (Wildman–Crippen LogP) is 5.80. The van der Waals surface area contributed by atoms with Crippen LogP contribution in [0.1, 0.15) is 31.9 Å². The smallest absolute Gasteiger partial charge is 0.264 e. The molecule has 1 N–H and O–H groups in total. The summed E-state index contributed by atoms with van der Waals surface area (Å²) >= 11 is 9.58. The summed E-state index contributed by atoms with van der Waals surface area (Å²) in [5.74, 6) is -0.628. The van der Waals surface area contributed by atoms with Gasteiger partial charge in [0.15, 0.2) is 0 Å². The fraction of sp³-hybridized carbons (Fsp3) is 0.310. The fourth-order valence-corrected chi connectivity index (χ4v) is 5.87. The predicted molar refractivity (Wildman–Crippen MR) is 159 cm³/mol. The van der Waals surface area contributed by atoms with Crippen LogP contribution in [0.15, 0.2) is 82.2 Å². The van der Waals surface area contributed by atoms with Gasteiger partial charge in [-0.05, 0) is 67.8 Å². The Bertz CT molecular complexity index is 1410. The number of carbonyl (C=O) groups is 2. The van der Waals surface area contributed by atoms with Crippen molar-refractivity contribution in [2.75, 3.05) is 17.4 Å². The number of hydrogen-bond acceptors (Lipinski definition) is 4. The molecule has 3 rings (SSSR count). The molecule has 0 radical (unpaired) electrons. The van der Waals surface area contributed by atoms with Crippen LogP contribution in [-0.4, -0.2) is 44.3 Å². The van der Waals surface area contributed by atoms with Crippen LogP contribution in [0, 0.1) is 12.8 Å². The van der Waals surface area contributed by atoms with Crippen LogP contribution in [0.2, 0.25) is 5.02 Å². The third-order valence-electron chi connectivity index (χ3n) is 6.08. The number of carbonyl (C=O) groups excluding carboxylic acids is 2. The second-order valence-corrected chi connectivity index (χ2v) is 13.0. The van der Waals surface area contributed by atoms with Gasteiger partial charge in [-0.25, -0.2) is 8.42 Å². The number of benzene rings is 3. The van der Waals surface area contributed by atoms with Gasteiger partial charge in [-0.3, -0.25) is 13.9 Å². The summed E-state index contributed by atoms with van der Waals surface area (Å²) in [7, 11) is -4.12. The van der Waals surface area contributed by atoms with Crippen molar-refractivity contribution in [2.24, 2.45) is 5.92 Å². The third kappa shape index (κ3) is 8.30. The summed E-state index contributed by atoms with van der Waals surface area (Å²) in [5, 5.41) is 3.37. The summed E-state index contributed by atoms with van der Waals surface area (Å²) in [5.41, 5.74) is 1.95. The van der Waals surface area contributed by atoms with Gasteiger partial charge >= 0.3 is 0 Å². The molecule has 208 valence electrons. The zero-order valence-corrected chi connectivity index (χ0v) is 25.6. The highest BCUT2D eigenvalue weighted by Crippen LogP contribution is 2.27. The average Bonchev–Trinajstić information content (AvgIpc) is 2.88. The summed E-state index contributed by atoms with van der Waals surface area (Å²) in [6, 6.07) is 19.3. The van der Waals surface area contributed by atoms with E-state index in [-0.39, 0.29) is 23.3 Å². The van der Waals surface area contributed by atoms with Crippen LogP contribution < -0.4 is 9.62 Å². The second-order valence-electron chi connectivity index (χ2n) is 9.77. The number of sulfonamides is 1. The Balaban J connectivity index is 2.01. The van der Waals surface area contributed by atoms with Crippen LogP contribution in [0.3, 0.4) is 0 Å². The van der Waals surface area contributed by atoms with Crippen molar-refractivity contribution in [1.82, 2.24) is 10.2 Å². The minimum atomic E-state index is -4.12. The van der Waals surface area contributed by atoms with E-state index in [1.807, 2.05) is 20.8 Å². The van der Waals surface area contributed by atoms with E-state index < -0.39 is 28.5 Å². The first-order chi connectivity index (χ1) is 18.4. The molecule has 0 heterocycles. The maximum Gasteiger partial charge on any atom is 0.264 e. The third-order valence-corrected chi connectivity index (χ3v) is 8.59. The Hall–Kier alpha value is -2.88. The molecule has 0 aliphatic carbocycles. The lowest BCUT2D eigenvalue weighted by molar-refractivity contribution is -0.139. The van der Waals surface area contributed by atoms with Gasteiger partial charge in [-0.15, -0.1) is 0 Å². The lowest BCUT2D eigenvalue weighted by atomic mass is 10.1. The van der Waals surface area contributed by atoms with Crippen molar-refractivity contribution >= 4 is 55.1 Å². The molecule has 0 saturated carbocycles. The minimum absolute atomic E-state index is 0.0602. The average molecular weight is 635 g/mol. The van der Waals surface area contributed by atoms with Crippen molar-refractivity contribution in [3.63, 3.8) is 0 Å². The SMILES string of the molecule is Cc1ccc(S(=O)(=O)N(CC(=O)N(Cc2cccc(Cl)c2)C(C)C(=O)NCC(C)C)c2cccc(Br)c2)cc1. The van der Waals surface area contributed by atoms with Crippen LogP contribution in [0.4, 0.5) is 5.69 Å². The highest BCUT2D eigenvalue weighted by atomic mass is 79.9. The van der Waals surface area contributed by atoms with Gasteiger partial charge in [0.05, 0.1) is 10.6 Å². The molecule has 7 nitrogen and oxygen atoms in total. The summed E-state index contributed by atoms with van der Waals surface area (Å²) in [6.07, 6.45) is 0. The van der Waals surface area contributed by atoms with Crippen molar-refractivity contribution < 1.29 is 18.0 Å². The van der Waals surface area contributed by atoms with Crippen LogP contribution in [0.5, 0.6) is 0 Å². The summed E-state index contributed by atoms with van der Waals surface area (Å²) < 4.78 is 29.4. The molecule has 0 saturated heterocycles. The first kappa shape index (κ1) is 30.7. The van der Waals surface area contributed by atoms with Gasteiger partial charge < -0.3 is 10.2 Å². The second kappa shape index (κ2) is 13.5. The van der Waals surface area contributed by atoms with E-state index in [0.717, 1.165) is 15.4 Å². The molecule has 0 aliphatic rings. The van der Waals surface area contributed by atoms with E-state index in [4.69, 9.17) is 11.6 Å². The van der Waals surface area contributed by atoms with E-state index >= 15 is 0 Å². The van der Waals surface area contributed by atoms with E-state index in [2.05, 4.69) is 21.2 Å². The van der Waals surface area contributed by atoms with Crippen molar-refractivity contribution in [3.05, 3.63) is 93.4 Å². The molecule has 1 unspecified atom stereocenters. The first-order valence-electron chi connectivity index (χ1n) is 12.5. The number of aryl methyl sites for hydroxylation is 1. The molecule has 0 aliphatic heterocycles. The quantitative estimate of drug-likeness (QED) is 0.289. The topological polar surface area (TPSA) is 86.8 Å². The number of hydrogen-bond donors (Lipinski definition) is 1. The molecular weight excluding hydrogens is 602 g/mol. The zero-order chi connectivity index (χ0) is 28.7. The van der Waals surface area contributed by atoms with Crippen LogP contribution in [-0.2, 0) is 26.2 Å². The first-order valence-corrected chi connectivity index (χ1v) is 15.2. The van der Waals surface area contributed by atoms with Gasteiger partial charge in [0.25, 0.3) is 10.0 Å². The summed E-state index contributed by atoms with van der Waals surface area (Å²) in [6.45, 7) is 7.48. The lowest BCUT2D eigenvalue weighted by Gasteiger charge is -2.32. The van der Waals surface area contributed by atoms with Crippen molar-refractivity contribution in [1.29, 1.82) is 0 Å². The van der Waals surface area contributed by atoms with Gasteiger partial charge in [-0.1, -0.05) is 77.3 Å². The molecule has 0 fully saturated rings. The van der Waals surface area contributed by atoms with Gasteiger partial charge in [0.1, 0.15) is 12.6 Å². The Labute approximate surface area is 244 Å². The highest BCUT2D eigenvalue weighted by molar-refractivity contribution is 9.10. The van der Waals surface area contributed by atoms with Crippen molar-refractivity contribution in [3.8, 4) is 0 Å². The monoisotopic (exact) mass is 633 g/mol. The molecule has 39 heavy (non-hydrogen) atoms. The normalized spacial score (nSPS) is 12.2. The Morgan fingerprint density at radius 2 is 1.64 bits per heavy atom. The van der Waals surface area contributed by atoms with E-state index in [9.17, 15) is 18.0 Å². The maximum atomic E-state index is 13.9. The van der Waals surface area contributed by atoms with Gasteiger partial charge in [-0.2, -0.15) is 0 Å². The Morgan fingerprint density at radius 1 is 0.974 bits per heavy atom. The number of amides is 2. The van der Waals surface area contributed by atoms with E-state index in [1.165, 1.54) is 17.0 Å². The zero-order valence-electron chi connectivity index (χ0n) is 22.4. The fourth-order valence-electron chi connectivity index (χ4n) is 3.86. The molecule has 2 amide bonds. The largest absolute Gasteiger partial charge is 0.354 e. The minimum Gasteiger partial charge on any atom is -0.354 e. The number of nitrogens with one attached hydrogen (secondary N) is 1. The van der Waals surface area contributed by atoms with Crippen LogP contribution >= 0.6 is 27.5 Å². The molecule has 0 aromatic heterocycles. The van der Waals surface area contributed by atoms with Gasteiger partial charge in [0, 0.05) is 22.6 Å². The molecule has 3 aromatic rings. The highest BCUT2D eigenvalue weighted by Gasteiger charge is 2.32. The van der Waals surface area contributed by atoms with E-state index in [0.29, 0.717) is 21.7 Å². The molecule has 0 spiro atoms. The summed E-state index contributed by atoms with van der Waals surface area (Å²) in [4.78, 5) is 28.4. The number of halogens is 2. The molecular formula is C29H33BrClN3O4S. The van der Waals surface area contributed by atoms with Crippen LogP contribution in [0.25, 0.3) is 0 Å². The molecule has 1 atom stereocenters. The number of rotatable bonds is 11.